The summed E-state index contributed by atoms with van der Waals surface area (Å²) < 4.78 is 25.3. The molecular formula is C15H16Cl2N2O2S. The van der Waals surface area contributed by atoms with Crippen molar-refractivity contribution in [2.45, 2.75) is 37.6 Å². The highest BCUT2D eigenvalue weighted by atomic mass is 35.5. The molecule has 1 saturated carbocycles. The standard InChI is InChI=1S/C15H16Cl2N2O2S/c1-8(2)14-15(22(20,21)7-9-3-4-9)19-13-6-11(17)10(16)5-12(13)18-14/h5-6,8-9H,3-4,7H2,1-2H3. The fourth-order valence-corrected chi connectivity index (χ4v) is 4.59. The largest absolute Gasteiger partial charge is 0.248 e. The topological polar surface area (TPSA) is 59.9 Å². The van der Waals surface area contributed by atoms with Gasteiger partial charge < -0.3 is 0 Å². The predicted octanol–water partition coefficient (Wildman–Crippen LogP) is 4.24. The Balaban J connectivity index is 2.22. The maximum atomic E-state index is 12.6. The summed E-state index contributed by atoms with van der Waals surface area (Å²) >= 11 is 12.0. The molecule has 0 N–H and O–H groups in total. The fourth-order valence-electron chi connectivity index (χ4n) is 2.33. The average Bonchev–Trinajstić information content (AvgIpc) is 3.22. The van der Waals surface area contributed by atoms with Crippen molar-refractivity contribution in [2.24, 2.45) is 5.92 Å². The summed E-state index contributed by atoms with van der Waals surface area (Å²) in [6.45, 7) is 3.81. The minimum atomic E-state index is -3.44. The van der Waals surface area contributed by atoms with Crippen molar-refractivity contribution < 1.29 is 8.42 Å². The van der Waals surface area contributed by atoms with Crippen molar-refractivity contribution in [2.75, 3.05) is 5.75 Å². The summed E-state index contributed by atoms with van der Waals surface area (Å²) in [4.78, 5) is 8.84. The summed E-state index contributed by atoms with van der Waals surface area (Å²) in [5.41, 5.74) is 1.50. The van der Waals surface area contributed by atoms with Crippen LogP contribution in [0.4, 0.5) is 0 Å². The van der Waals surface area contributed by atoms with Crippen molar-refractivity contribution in [3.63, 3.8) is 0 Å². The van der Waals surface area contributed by atoms with Crippen LogP contribution in [0.1, 0.15) is 38.3 Å². The quantitative estimate of drug-likeness (QED) is 0.819. The summed E-state index contributed by atoms with van der Waals surface area (Å²) in [5, 5.41) is 0.804. The van der Waals surface area contributed by atoms with E-state index in [0.717, 1.165) is 12.8 Å². The van der Waals surface area contributed by atoms with Crippen LogP contribution in [-0.2, 0) is 9.84 Å². The third-order valence-electron chi connectivity index (χ3n) is 3.69. The van der Waals surface area contributed by atoms with E-state index in [1.165, 1.54) is 0 Å². The zero-order valence-electron chi connectivity index (χ0n) is 12.3. The molecule has 0 spiro atoms. The minimum Gasteiger partial charge on any atom is -0.248 e. The number of halogens is 2. The van der Waals surface area contributed by atoms with Gasteiger partial charge in [-0.05, 0) is 36.8 Å². The molecule has 0 radical (unpaired) electrons. The highest BCUT2D eigenvalue weighted by Gasteiger charge is 2.32. The maximum Gasteiger partial charge on any atom is 0.197 e. The second-order valence-corrected chi connectivity index (χ2v) is 8.81. The predicted molar refractivity (Wildman–Crippen MR) is 88.4 cm³/mol. The minimum absolute atomic E-state index is 0.0460. The van der Waals surface area contributed by atoms with E-state index < -0.39 is 9.84 Å². The summed E-state index contributed by atoms with van der Waals surface area (Å²) in [6, 6.07) is 3.18. The first-order chi connectivity index (χ1) is 10.3. The Morgan fingerprint density at radius 2 is 1.68 bits per heavy atom. The molecule has 1 aromatic carbocycles. The van der Waals surface area contributed by atoms with E-state index in [1.54, 1.807) is 12.1 Å². The molecule has 4 nitrogen and oxygen atoms in total. The summed E-state index contributed by atoms with van der Waals surface area (Å²) in [6.07, 6.45) is 1.94. The highest BCUT2D eigenvalue weighted by Crippen LogP contribution is 2.34. The van der Waals surface area contributed by atoms with Gasteiger partial charge in [0.1, 0.15) is 0 Å². The SMILES string of the molecule is CC(C)c1nc2cc(Cl)c(Cl)cc2nc1S(=O)(=O)CC1CC1. The molecule has 1 heterocycles. The van der Waals surface area contributed by atoms with Gasteiger partial charge in [0.15, 0.2) is 14.9 Å². The second-order valence-electron chi connectivity index (χ2n) is 6.05. The molecule has 1 aliphatic rings. The van der Waals surface area contributed by atoms with E-state index in [1.807, 2.05) is 13.8 Å². The van der Waals surface area contributed by atoms with Crippen molar-refractivity contribution in [1.82, 2.24) is 9.97 Å². The summed E-state index contributed by atoms with van der Waals surface area (Å²) in [5.74, 6) is 0.362. The fraction of sp³-hybridized carbons (Fsp3) is 0.467. The van der Waals surface area contributed by atoms with E-state index in [-0.39, 0.29) is 22.6 Å². The molecule has 7 heteroatoms. The second kappa shape index (κ2) is 5.62. The van der Waals surface area contributed by atoms with Crippen molar-refractivity contribution in [3.05, 3.63) is 27.9 Å². The van der Waals surface area contributed by atoms with Crippen molar-refractivity contribution in [3.8, 4) is 0 Å². The smallest absolute Gasteiger partial charge is 0.197 e. The molecule has 0 unspecified atom stereocenters. The third-order valence-corrected chi connectivity index (χ3v) is 6.21. The average molecular weight is 359 g/mol. The van der Waals surface area contributed by atoms with Gasteiger partial charge in [-0.25, -0.2) is 18.4 Å². The molecule has 0 atom stereocenters. The van der Waals surface area contributed by atoms with Gasteiger partial charge in [0.2, 0.25) is 0 Å². The van der Waals surface area contributed by atoms with Gasteiger partial charge in [-0.2, -0.15) is 0 Å². The number of aromatic nitrogens is 2. The molecule has 0 amide bonds. The molecule has 22 heavy (non-hydrogen) atoms. The lowest BCUT2D eigenvalue weighted by Crippen LogP contribution is -2.15. The van der Waals surface area contributed by atoms with Crippen LogP contribution in [-0.4, -0.2) is 24.1 Å². The lowest BCUT2D eigenvalue weighted by Gasteiger charge is -2.13. The van der Waals surface area contributed by atoms with Crippen LogP contribution in [0.5, 0.6) is 0 Å². The van der Waals surface area contributed by atoms with Crippen LogP contribution in [0.15, 0.2) is 17.2 Å². The van der Waals surface area contributed by atoms with Crippen LogP contribution < -0.4 is 0 Å². The molecule has 118 valence electrons. The summed E-state index contributed by atoms with van der Waals surface area (Å²) in [7, 11) is -3.44. The number of sulfone groups is 1. The molecular weight excluding hydrogens is 343 g/mol. The maximum absolute atomic E-state index is 12.6. The number of benzene rings is 1. The van der Waals surface area contributed by atoms with E-state index >= 15 is 0 Å². The molecule has 0 saturated heterocycles. The van der Waals surface area contributed by atoms with Crippen molar-refractivity contribution in [1.29, 1.82) is 0 Å². The van der Waals surface area contributed by atoms with Crippen molar-refractivity contribution >= 4 is 44.1 Å². The molecule has 0 bridgehead atoms. The number of hydrogen-bond acceptors (Lipinski definition) is 4. The van der Waals surface area contributed by atoms with Crippen LogP contribution in [0.25, 0.3) is 11.0 Å². The Labute approximate surface area is 139 Å². The lowest BCUT2D eigenvalue weighted by molar-refractivity contribution is 0.584. The zero-order chi connectivity index (χ0) is 16.1. The van der Waals surface area contributed by atoms with E-state index in [4.69, 9.17) is 23.2 Å². The Morgan fingerprint density at radius 3 is 2.18 bits per heavy atom. The van der Waals surface area contributed by atoms with E-state index in [9.17, 15) is 8.42 Å². The molecule has 2 aromatic rings. The van der Waals surface area contributed by atoms with Crippen LogP contribution in [0.2, 0.25) is 10.0 Å². The molecule has 1 aliphatic carbocycles. The van der Waals surface area contributed by atoms with E-state index in [2.05, 4.69) is 9.97 Å². The van der Waals surface area contributed by atoms with E-state index in [0.29, 0.717) is 26.8 Å². The first-order valence-corrected chi connectivity index (χ1v) is 9.58. The number of nitrogens with zero attached hydrogens (tertiary/aromatic N) is 2. The number of hydrogen-bond donors (Lipinski definition) is 0. The van der Waals surface area contributed by atoms with Gasteiger partial charge in [0.05, 0.1) is 32.5 Å². The highest BCUT2D eigenvalue weighted by molar-refractivity contribution is 7.91. The lowest BCUT2D eigenvalue weighted by atomic mass is 10.1. The van der Waals surface area contributed by atoms with Gasteiger partial charge in [0.25, 0.3) is 0 Å². The van der Waals surface area contributed by atoms with Gasteiger partial charge in [-0.3, -0.25) is 0 Å². The normalized spacial score (nSPS) is 15.7. The van der Waals surface area contributed by atoms with Crippen LogP contribution in [0, 0.1) is 5.92 Å². The third kappa shape index (κ3) is 3.07. The Morgan fingerprint density at radius 1 is 1.14 bits per heavy atom. The Bertz CT molecular complexity index is 846. The first-order valence-electron chi connectivity index (χ1n) is 7.17. The van der Waals surface area contributed by atoms with Gasteiger partial charge in [0, 0.05) is 0 Å². The zero-order valence-corrected chi connectivity index (χ0v) is 14.6. The van der Waals surface area contributed by atoms with Gasteiger partial charge >= 0.3 is 0 Å². The first kappa shape index (κ1) is 16.0. The molecule has 3 rings (SSSR count). The molecule has 1 fully saturated rings. The number of rotatable bonds is 4. The Kier molecular flexibility index (Phi) is 4.08. The number of fused-ring (bicyclic) bond motifs is 1. The molecule has 1 aromatic heterocycles. The van der Waals surface area contributed by atoms with Crippen LogP contribution in [0.3, 0.4) is 0 Å². The molecule has 0 aliphatic heterocycles. The van der Waals surface area contributed by atoms with Gasteiger partial charge in [-0.1, -0.05) is 37.0 Å². The Hall–Kier alpha value is -0.910. The van der Waals surface area contributed by atoms with Crippen LogP contribution >= 0.6 is 23.2 Å². The monoisotopic (exact) mass is 358 g/mol. The van der Waals surface area contributed by atoms with Gasteiger partial charge in [-0.15, -0.1) is 0 Å².